The van der Waals surface area contributed by atoms with Crippen molar-refractivity contribution < 1.29 is 28.9 Å². The van der Waals surface area contributed by atoms with Crippen LogP contribution in [0.1, 0.15) is 211 Å². The standard InChI is InChI=1S/C48H75O6P/c1-7-10-13-16-19-22-25-37(4)40-28-43(49)34-46(31-40)52-55(53-47-32-41(29-44(50)35-47)38(5)26-23-20-17-14-11-8-2)54-48-33-42(30-45(51)36-48)39(6)27-24-21-18-15-12-9-3/h28-39,49-51H,7-27H2,1-6H3. The average Bonchev–Trinajstić information content (AvgIpc) is 3.14. The molecule has 3 rings (SSSR count). The molecule has 0 saturated carbocycles. The van der Waals surface area contributed by atoms with Crippen molar-refractivity contribution in [2.45, 2.75) is 194 Å². The maximum atomic E-state index is 10.8. The van der Waals surface area contributed by atoms with E-state index >= 15 is 0 Å². The van der Waals surface area contributed by atoms with Gasteiger partial charge in [0.15, 0.2) is 0 Å². The lowest BCUT2D eigenvalue weighted by Gasteiger charge is -2.21. The van der Waals surface area contributed by atoms with Crippen LogP contribution in [0.2, 0.25) is 0 Å². The first kappa shape index (κ1) is 46.3. The van der Waals surface area contributed by atoms with Crippen molar-refractivity contribution in [1.82, 2.24) is 0 Å². The monoisotopic (exact) mass is 779 g/mol. The number of hydrogen-bond acceptors (Lipinski definition) is 6. The van der Waals surface area contributed by atoms with Gasteiger partial charge >= 0.3 is 8.60 Å². The molecule has 0 spiro atoms. The summed E-state index contributed by atoms with van der Waals surface area (Å²) in [6.45, 7) is 13.3. The summed E-state index contributed by atoms with van der Waals surface area (Å²) in [4.78, 5) is 0. The third-order valence-corrected chi connectivity index (χ3v) is 12.0. The molecule has 0 heterocycles. The summed E-state index contributed by atoms with van der Waals surface area (Å²) in [6, 6.07) is 16.1. The van der Waals surface area contributed by atoms with Gasteiger partial charge in [-0.05, 0) is 90.1 Å². The normalized spacial score (nSPS) is 13.6. The smallest absolute Gasteiger partial charge is 0.508 e. The summed E-state index contributed by atoms with van der Waals surface area (Å²) in [5, 5.41) is 32.4. The number of phenols is 3. The van der Waals surface area contributed by atoms with E-state index in [0.29, 0.717) is 17.2 Å². The molecule has 0 saturated heterocycles. The molecule has 0 aliphatic carbocycles. The van der Waals surface area contributed by atoms with Crippen molar-refractivity contribution >= 4 is 8.60 Å². The van der Waals surface area contributed by atoms with Gasteiger partial charge < -0.3 is 28.9 Å². The minimum absolute atomic E-state index is 0.128. The molecule has 0 radical (unpaired) electrons. The van der Waals surface area contributed by atoms with Crippen molar-refractivity contribution in [1.29, 1.82) is 0 Å². The second kappa shape index (κ2) is 26.7. The van der Waals surface area contributed by atoms with Crippen LogP contribution in [0.3, 0.4) is 0 Å². The average molecular weight is 779 g/mol. The van der Waals surface area contributed by atoms with Gasteiger partial charge in [-0.2, -0.15) is 0 Å². The van der Waals surface area contributed by atoms with Crippen LogP contribution >= 0.6 is 8.60 Å². The first-order chi connectivity index (χ1) is 26.6. The molecule has 0 aliphatic rings. The third kappa shape index (κ3) is 18.6. The molecule has 6 nitrogen and oxygen atoms in total. The van der Waals surface area contributed by atoms with Crippen molar-refractivity contribution in [2.75, 3.05) is 0 Å². The van der Waals surface area contributed by atoms with E-state index in [1.807, 2.05) is 36.4 Å². The predicted octanol–water partition coefficient (Wildman–Crippen LogP) is 16.1. The van der Waals surface area contributed by atoms with Crippen LogP contribution in [-0.4, -0.2) is 15.3 Å². The second-order valence-electron chi connectivity index (χ2n) is 16.2. The van der Waals surface area contributed by atoms with E-state index in [-0.39, 0.29) is 35.0 Å². The Hall–Kier alpha value is -3.11. The fraction of sp³-hybridized carbons (Fsp3) is 0.625. The molecule has 3 atom stereocenters. The maximum absolute atomic E-state index is 10.8. The van der Waals surface area contributed by atoms with Gasteiger partial charge in [0.05, 0.1) is 0 Å². The van der Waals surface area contributed by atoms with Crippen molar-refractivity contribution in [3.8, 4) is 34.5 Å². The maximum Gasteiger partial charge on any atom is 0.530 e. The zero-order valence-electron chi connectivity index (χ0n) is 35.3. The lowest BCUT2D eigenvalue weighted by Crippen LogP contribution is -2.04. The zero-order valence-corrected chi connectivity index (χ0v) is 36.2. The van der Waals surface area contributed by atoms with Gasteiger partial charge in [0.2, 0.25) is 0 Å². The number of hydrogen-bond donors (Lipinski definition) is 3. The highest BCUT2D eigenvalue weighted by Crippen LogP contribution is 2.46. The quantitative estimate of drug-likeness (QED) is 0.0461. The Labute approximate surface area is 336 Å². The lowest BCUT2D eigenvalue weighted by atomic mass is 9.94. The summed E-state index contributed by atoms with van der Waals surface area (Å²) >= 11 is 0. The molecule has 0 aliphatic heterocycles. The van der Waals surface area contributed by atoms with Crippen LogP contribution in [0.4, 0.5) is 0 Å². The Morgan fingerprint density at radius 3 is 0.909 bits per heavy atom. The molecule has 3 N–H and O–H groups in total. The summed E-state index contributed by atoms with van der Waals surface area (Å²) in [5.41, 5.74) is 3.01. The van der Waals surface area contributed by atoms with Gasteiger partial charge in [-0.15, -0.1) is 0 Å². The van der Waals surface area contributed by atoms with Crippen LogP contribution in [0.25, 0.3) is 0 Å². The Kier molecular flexibility index (Phi) is 22.5. The molecule has 0 fully saturated rings. The van der Waals surface area contributed by atoms with Gasteiger partial charge in [-0.25, -0.2) is 0 Å². The van der Waals surface area contributed by atoms with E-state index in [2.05, 4.69) is 41.5 Å². The number of rotatable bonds is 30. The number of phenolic OH excluding ortho intramolecular Hbond substituents is 3. The highest BCUT2D eigenvalue weighted by molar-refractivity contribution is 7.43. The summed E-state index contributed by atoms with van der Waals surface area (Å²) < 4.78 is 19.4. The molecule has 0 aromatic heterocycles. The van der Waals surface area contributed by atoms with Crippen LogP contribution < -0.4 is 13.6 Å². The molecule has 55 heavy (non-hydrogen) atoms. The largest absolute Gasteiger partial charge is 0.530 e. The Morgan fingerprint density at radius 1 is 0.382 bits per heavy atom. The Morgan fingerprint density at radius 2 is 0.636 bits per heavy atom. The molecular weight excluding hydrogens is 703 g/mol. The van der Waals surface area contributed by atoms with E-state index in [9.17, 15) is 15.3 Å². The van der Waals surface area contributed by atoms with Crippen LogP contribution in [0, 0.1) is 0 Å². The second-order valence-corrected chi connectivity index (χ2v) is 17.1. The predicted molar refractivity (Wildman–Crippen MR) is 232 cm³/mol. The fourth-order valence-electron chi connectivity index (χ4n) is 7.34. The van der Waals surface area contributed by atoms with Gasteiger partial charge in [-0.1, -0.05) is 157 Å². The van der Waals surface area contributed by atoms with E-state index in [1.54, 1.807) is 18.2 Å². The summed E-state index contributed by atoms with van der Waals surface area (Å²) in [7, 11) is -2.11. The first-order valence-electron chi connectivity index (χ1n) is 22.0. The van der Waals surface area contributed by atoms with Crippen molar-refractivity contribution in [2.24, 2.45) is 0 Å². The minimum Gasteiger partial charge on any atom is -0.508 e. The van der Waals surface area contributed by atoms with E-state index in [0.717, 1.165) is 55.2 Å². The molecule has 3 aromatic carbocycles. The Bertz CT molecular complexity index is 1300. The zero-order chi connectivity index (χ0) is 39.8. The van der Waals surface area contributed by atoms with Crippen LogP contribution in [0.15, 0.2) is 54.6 Å². The van der Waals surface area contributed by atoms with Gasteiger partial charge in [0.25, 0.3) is 0 Å². The minimum atomic E-state index is -2.11. The Balaban J connectivity index is 1.82. The van der Waals surface area contributed by atoms with E-state index in [1.165, 1.54) is 96.3 Å². The topological polar surface area (TPSA) is 88.4 Å². The highest BCUT2D eigenvalue weighted by atomic mass is 31.2. The van der Waals surface area contributed by atoms with Gasteiger partial charge in [0.1, 0.15) is 34.5 Å². The molecule has 3 unspecified atom stereocenters. The third-order valence-electron chi connectivity index (χ3n) is 11.0. The molecule has 7 heteroatoms. The van der Waals surface area contributed by atoms with E-state index < -0.39 is 8.60 Å². The SMILES string of the molecule is CCCCCCCCC(C)c1cc(O)cc(OP(Oc2cc(O)cc(C(C)CCCCCCCC)c2)Oc2cc(O)cc(C(C)CCCCCCCC)c2)c1. The van der Waals surface area contributed by atoms with Gasteiger partial charge in [0, 0.05) is 18.2 Å². The molecule has 308 valence electrons. The highest BCUT2D eigenvalue weighted by Gasteiger charge is 2.24. The van der Waals surface area contributed by atoms with Crippen molar-refractivity contribution in [3.05, 3.63) is 71.3 Å². The summed E-state index contributed by atoms with van der Waals surface area (Å²) in [6.07, 6.45) is 25.4. The fourth-order valence-corrected chi connectivity index (χ4v) is 8.28. The van der Waals surface area contributed by atoms with Crippen LogP contribution in [0.5, 0.6) is 34.5 Å². The van der Waals surface area contributed by atoms with E-state index in [4.69, 9.17) is 13.6 Å². The summed E-state index contributed by atoms with van der Waals surface area (Å²) in [5.74, 6) is 2.47. The molecule has 3 aromatic rings. The van der Waals surface area contributed by atoms with Gasteiger partial charge in [-0.3, -0.25) is 0 Å². The number of aromatic hydroxyl groups is 3. The number of unbranched alkanes of at least 4 members (excludes halogenated alkanes) is 15. The van der Waals surface area contributed by atoms with Crippen LogP contribution in [-0.2, 0) is 0 Å². The number of benzene rings is 3. The van der Waals surface area contributed by atoms with Crippen molar-refractivity contribution in [3.63, 3.8) is 0 Å². The first-order valence-corrected chi connectivity index (χ1v) is 23.1. The lowest BCUT2D eigenvalue weighted by molar-refractivity contribution is 0.382. The molecular formula is C48H75O6P. The molecule has 0 bridgehead atoms. The molecule has 0 amide bonds.